The molecule has 9 heteroatoms. The first-order chi connectivity index (χ1) is 13.1. The molecule has 2 aromatic rings. The summed E-state index contributed by atoms with van der Waals surface area (Å²) in [6, 6.07) is 11.2. The number of hydrogen-bond donors (Lipinski definition) is 1. The van der Waals surface area contributed by atoms with Crippen molar-refractivity contribution in [3.8, 4) is 0 Å². The predicted octanol–water partition coefficient (Wildman–Crippen LogP) is 4.89. The van der Waals surface area contributed by atoms with E-state index in [0.717, 1.165) is 10.5 Å². The highest BCUT2D eigenvalue weighted by molar-refractivity contribution is 7.99. The summed E-state index contributed by atoms with van der Waals surface area (Å²) in [4.78, 5) is 24.3. The van der Waals surface area contributed by atoms with Gasteiger partial charge in [-0.1, -0.05) is 35.5 Å². The lowest BCUT2D eigenvalue weighted by Crippen LogP contribution is -2.42. The first-order valence-corrected chi connectivity index (χ1v) is 9.32. The normalized spacial score (nSPS) is 12.4. The van der Waals surface area contributed by atoms with E-state index in [9.17, 15) is 22.8 Å². The number of rotatable bonds is 6. The van der Waals surface area contributed by atoms with E-state index < -0.39 is 24.1 Å². The Balaban J connectivity index is 2.07. The van der Waals surface area contributed by atoms with Crippen LogP contribution in [-0.4, -0.2) is 31.2 Å². The summed E-state index contributed by atoms with van der Waals surface area (Å²) in [6.45, 7) is 1.50. The smallest absolute Gasteiger partial charge is 0.465 e. The van der Waals surface area contributed by atoms with Crippen molar-refractivity contribution in [3.63, 3.8) is 0 Å². The number of nitrogens with one attached hydrogen (secondary N) is 1. The topological polar surface area (TPSA) is 55.4 Å². The number of methoxy groups -OCH3 is 1. The van der Waals surface area contributed by atoms with Gasteiger partial charge in [-0.05, 0) is 49.2 Å². The van der Waals surface area contributed by atoms with Crippen LogP contribution in [0, 0.1) is 0 Å². The van der Waals surface area contributed by atoms with Gasteiger partial charge in [0.05, 0.1) is 12.7 Å². The van der Waals surface area contributed by atoms with Gasteiger partial charge >= 0.3 is 18.1 Å². The molecular formula is C19H17ClF3NO3S. The highest BCUT2D eigenvalue weighted by Gasteiger charge is 2.39. The fourth-order valence-corrected chi connectivity index (χ4v) is 3.60. The molecular weight excluding hydrogens is 415 g/mol. The van der Waals surface area contributed by atoms with Crippen LogP contribution in [0.4, 0.5) is 13.2 Å². The van der Waals surface area contributed by atoms with E-state index in [4.69, 9.17) is 16.3 Å². The minimum Gasteiger partial charge on any atom is -0.465 e. The van der Waals surface area contributed by atoms with Crippen LogP contribution >= 0.6 is 23.4 Å². The molecule has 0 bridgehead atoms. The van der Waals surface area contributed by atoms with Crippen molar-refractivity contribution in [2.24, 2.45) is 0 Å². The Kier molecular flexibility index (Phi) is 7.37. The lowest BCUT2D eigenvalue weighted by atomic mass is 10.1. The van der Waals surface area contributed by atoms with Gasteiger partial charge in [0.25, 0.3) is 0 Å². The number of carbonyl (C=O) groups is 2. The van der Waals surface area contributed by atoms with Gasteiger partial charge in [0.1, 0.15) is 0 Å². The molecule has 0 saturated carbocycles. The number of carbonyl (C=O) groups excluding carboxylic acids is 2. The molecule has 2 rings (SSSR count). The second-order valence-corrected chi connectivity index (χ2v) is 7.51. The van der Waals surface area contributed by atoms with Crippen molar-refractivity contribution in [2.75, 3.05) is 7.11 Å². The number of hydrogen-bond acceptors (Lipinski definition) is 4. The summed E-state index contributed by atoms with van der Waals surface area (Å²) in [5.74, 6) is -2.44. The Morgan fingerprint density at radius 3 is 2.39 bits per heavy atom. The van der Waals surface area contributed by atoms with E-state index in [1.807, 2.05) is 5.32 Å². The van der Waals surface area contributed by atoms with Crippen LogP contribution in [0.25, 0.3) is 0 Å². The first-order valence-electron chi connectivity index (χ1n) is 8.12. The minimum atomic E-state index is -4.90. The molecule has 150 valence electrons. The molecule has 4 nitrogen and oxygen atoms in total. The first kappa shape index (κ1) is 22.1. The fourth-order valence-electron chi connectivity index (χ4n) is 2.39. The van der Waals surface area contributed by atoms with E-state index in [0.29, 0.717) is 15.5 Å². The predicted molar refractivity (Wildman–Crippen MR) is 101 cm³/mol. The summed E-state index contributed by atoms with van der Waals surface area (Å²) in [5.41, 5.74) is 1.14. The summed E-state index contributed by atoms with van der Waals surface area (Å²) < 4.78 is 41.6. The van der Waals surface area contributed by atoms with Crippen molar-refractivity contribution in [3.05, 3.63) is 58.6 Å². The molecule has 1 amide bonds. The number of alkyl halides is 3. The molecule has 0 radical (unpaired) electrons. The SMILES string of the molecule is COC(=O)c1ccc(Cl)cc1Sc1ccc(C[C@@H](C)NC(=O)C(F)(F)F)cc1. The molecule has 0 spiro atoms. The van der Waals surface area contributed by atoms with Crippen molar-refractivity contribution in [1.29, 1.82) is 0 Å². The van der Waals surface area contributed by atoms with Gasteiger partial charge in [-0.25, -0.2) is 4.79 Å². The second-order valence-electron chi connectivity index (χ2n) is 5.95. The molecule has 0 unspecified atom stereocenters. The van der Waals surface area contributed by atoms with Gasteiger partial charge in [0.2, 0.25) is 0 Å². The third kappa shape index (κ3) is 6.17. The number of esters is 1. The van der Waals surface area contributed by atoms with Crippen LogP contribution in [0.15, 0.2) is 52.3 Å². The van der Waals surface area contributed by atoms with Gasteiger partial charge < -0.3 is 10.1 Å². The molecule has 0 aromatic heterocycles. The van der Waals surface area contributed by atoms with E-state index >= 15 is 0 Å². The maximum atomic E-state index is 12.3. The highest BCUT2D eigenvalue weighted by atomic mass is 35.5. The quantitative estimate of drug-likeness (QED) is 0.662. The second kappa shape index (κ2) is 9.34. The molecule has 0 heterocycles. The van der Waals surface area contributed by atoms with Crippen molar-refractivity contribution >= 4 is 35.2 Å². The third-order valence-electron chi connectivity index (χ3n) is 3.68. The maximum Gasteiger partial charge on any atom is 0.471 e. The lowest BCUT2D eigenvalue weighted by molar-refractivity contribution is -0.174. The average Bonchev–Trinajstić information content (AvgIpc) is 2.62. The van der Waals surface area contributed by atoms with Crippen LogP contribution in [0.3, 0.4) is 0 Å². The van der Waals surface area contributed by atoms with Crippen LogP contribution in [0.5, 0.6) is 0 Å². The molecule has 0 saturated heterocycles. The largest absolute Gasteiger partial charge is 0.471 e. The van der Waals surface area contributed by atoms with E-state index in [2.05, 4.69) is 0 Å². The fraction of sp³-hybridized carbons (Fsp3) is 0.263. The molecule has 28 heavy (non-hydrogen) atoms. The van der Waals surface area contributed by atoms with Crippen molar-refractivity contribution < 1.29 is 27.5 Å². The number of ether oxygens (including phenoxy) is 1. The van der Waals surface area contributed by atoms with Gasteiger partial charge in [-0.2, -0.15) is 13.2 Å². The molecule has 0 aliphatic heterocycles. The molecule has 2 aromatic carbocycles. The van der Waals surface area contributed by atoms with Crippen LogP contribution < -0.4 is 5.32 Å². The van der Waals surface area contributed by atoms with E-state index in [1.54, 1.807) is 42.5 Å². The third-order valence-corrected chi connectivity index (χ3v) is 4.98. The van der Waals surface area contributed by atoms with Crippen molar-refractivity contribution in [1.82, 2.24) is 5.32 Å². The van der Waals surface area contributed by atoms with Crippen LogP contribution in [0.2, 0.25) is 5.02 Å². The summed E-state index contributed by atoms with van der Waals surface area (Å²) in [6.07, 6.45) is -4.65. The Labute approximate surface area is 169 Å². The summed E-state index contributed by atoms with van der Waals surface area (Å²) in [7, 11) is 1.29. The van der Waals surface area contributed by atoms with Crippen molar-refractivity contribution in [2.45, 2.75) is 35.4 Å². The minimum absolute atomic E-state index is 0.247. The zero-order valence-corrected chi connectivity index (χ0v) is 16.5. The standard InChI is InChI=1S/C19H17ClF3NO3S/c1-11(24-18(26)19(21,22)23)9-12-3-6-14(7-4-12)28-16-10-13(20)5-8-15(16)17(25)27-2/h3-8,10-11H,9H2,1-2H3,(H,24,26)/t11-/m1/s1. The van der Waals surface area contributed by atoms with Gasteiger partial charge in [0, 0.05) is 20.9 Å². The zero-order valence-electron chi connectivity index (χ0n) is 15.0. The van der Waals surface area contributed by atoms with Gasteiger partial charge in [-0.3, -0.25) is 4.79 Å². The molecule has 1 atom stereocenters. The van der Waals surface area contributed by atoms with E-state index in [-0.39, 0.29) is 6.42 Å². The maximum absolute atomic E-state index is 12.3. The molecule has 0 aliphatic carbocycles. The average molecular weight is 432 g/mol. The van der Waals surface area contributed by atoms with E-state index in [1.165, 1.54) is 25.8 Å². The lowest BCUT2D eigenvalue weighted by Gasteiger charge is -2.15. The molecule has 0 fully saturated rings. The highest BCUT2D eigenvalue weighted by Crippen LogP contribution is 2.33. The Morgan fingerprint density at radius 2 is 1.82 bits per heavy atom. The molecule has 0 aliphatic rings. The summed E-state index contributed by atoms with van der Waals surface area (Å²) >= 11 is 7.32. The van der Waals surface area contributed by atoms with Gasteiger partial charge in [-0.15, -0.1) is 0 Å². The van der Waals surface area contributed by atoms with Gasteiger partial charge in [0.15, 0.2) is 0 Å². The Hall–Kier alpha value is -2.19. The Bertz CT molecular complexity index is 856. The van der Waals surface area contributed by atoms with Crippen LogP contribution in [0.1, 0.15) is 22.8 Å². The number of benzene rings is 2. The summed E-state index contributed by atoms with van der Waals surface area (Å²) in [5, 5.41) is 2.39. The van der Waals surface area contributed by atoms with Crippen LogP contribution in [-0.2, 0) is 16.0 Å². The zero-order chi connectivity index (χ0) is 20.9. The number of halogens is 4. The molecule has 1 N–H and O–H groups in total. The monoisotopic (exact) mass is 431 g/mol. The number of amides is 1. The Morgan fingerprint density at radius 1 is 1.18 bits per heavy atom.